The molecule has 0 aliphatic rings. The van der Waals surface area contributed by atoms with Crippen molar-refractivity contribution in [1.82, 2.24) is 0 Å². The van der Waals surface area contributed by atoms with Gasteiger partial charge in [0.25, 0.3) is 0 Å². The monoisotopic (exact) mass is 718 g/mol. The van der Waals surface area contributed by atoms with Gasteiger partial charge >= 0.3 is 11.9 Å². The van der Waals surface area contributed by atoms with Gasteiger partial charge in [-0.1, -0.05) is 85.5 Å². The van der Waals surface area contributed by atoms with E-state index < -0.39 is 48.9 Å². The van der Waals surface area contributed by atoms with Crippen LogP contribution in [-0.2, 0) is 19.4 Å². The van der Waals surface area contributed by atoms with Gasteiger partial charge in [0.1, 0.15) is 9.65 Å². The molecule has 0 aromatic heterocycles. The Morgan fingerprint density at radius 3 is 1.66 bits per heavy atom. The Morgan fingerprint density at radius 1 is 0.780 bits per heavy atom. The number of hydrogen-bond acceptors (Lipinski definition) is 6. The molecule has 0 spiro atoms. The van der Waals surface area contributed by atoms with Crippen molar-refractivity contribution in [2.75, 3.05) is 0 Å². The van der Waals surface area contributed by atoms with Gasteiger partial charge in [-0.3, -0.25) is 9.59 Å². The highest BCUT2D eigenvalue weighted by Crippen LogP contribution is 2.24. The molecule has 0 fully saturated rings. The van der Waals surface area contributed by atoms with Crippen LogP contribution in [0.1, 0.15) is 59.8 Å². The number of aliphatic hydroxyl groups is 2. The quantitative estimate of drug-likeness (QED) is 0.114. The van der Waals surface area contributed by atoms with Crippen molar-refractivity contribution in [1.29, 1.82) is 0 Å². The molecule has 4 N–H and O–H groups in total. The first-order valence-electron chi connectivity index (χ1n) is 13.1. The molecular weight excluding hydrogens is 680 g/mol. The minimum absolute atomic E-state index is 0.228. The highest BCUT2D eigenvalue weighted by Gasteiger charge is 2.26. The zero-order chi connectivity index (χ0) is 31.3. The van der Waals surface area contributed by atoms with Crippen LogP contribution in [-0.4, -0.2) is 67.9 Å². The third-order valence-electron chi connectivity index (χ3n) is 6.61. The average Bonchev–Trinajstić information content (AvgIpc) is 2.93. The lowest BCUT2D eigenvalue weighted by Crippen LogP contribution is -2.29. The van der Waals surface area contributed by atoms with Gasteiger partial charge in [0.05, 0.1) is 22.4 Å². The number of allylic oxidation sites excluding steroid dienone is 5. The van der Waals surface area contributed by atoms with Crippen molar-refractivity contribution in [2.45, 2.75) is 91.8 Å². The summed E-state index contributed by atoms with van der Waals surface area (Å²) in [6, 6.07) is 8.26. The smallest absolute Gasteiger partial charge is 0.320 e. The molecule has 0 heterocycles. The molecule has 0 saturated heterocycles. The van der Waals surface area contributed by atoms with Crippen molar-refractivity contribution in [3.8, 4) is 0 Å². The molecule has 1 rings (SSSR count). The van der Waals surface area contributed by atoms with Gasteiger partial charge in [0.15, 0.2) is 9.84 Å². The molecule has 0 aliphatic heterocycles. The predicted molar refractivity (Wildman–Crippen MR) is 168 cm³/mol. The molecule has 0 saturated carbocycles. The molecule has 0 radical (unpaired) electrons. The molecule has 228 valence electrons. The fourth-order valence-electron chi connectivity index (χ4n) is 3.92. The summed E-state index contributed by atoms with van der Waals surface area (Å²) >= 11 is 5.93. The van der Waals surface area contributed by atoms with Crippen LogP contribution in [0.3, 0.4) is 0 Å². The van der Waals surface area contributed by atoms with E-state index in [1.807, 2.05) is 19.9 Å². The van der Waals surface area contributed by atoms with E-state index in [4.69, 9.17) is 10.2 Å². The van der Waals surface area contributed by atoms with Crippen LogP contribution in [0, 0.1) is 0 Å². The standard InChI is InChI=1S/C30H40Br2O8S/c1-19(10-8-12-21(3)27(33)25(31)29(35)36)16-17-24(41(39,40)23-14-6-5-7-15-23)18-20(2)11-9-13-22(4)28(34)26(32)30(37)38/h5-7,12-16,18,24-28,33-34H,8-11,17H2,1-4H3,(H,35,36)(H,37,38)/b19-16+,20-18+,21-12+,22-13+. The predicted octanol–water partition coefficient (Wildman–Crippen LogP) is 5.98. The minimum Gasteiger partial charge on any atom is -0.480 e. The first-order chi connectivity index (χ1) is 19.1. The molecule has 41 heavy (non-hydrogen) atoms. The van der Waals surface area contributed by atoms with Crippen LogP contribution in [0.15, 0.2) is 81.8 Å². The Bertz CT molecular complexity index is 1250. The topological polar surface area (TPSA) is 149 Å². The van der Waals surface area contributed by atoms with Crippen molar-refractivity contribution in [2.24, 2.45) is 0 Å². The van der Waals surface area contributed by atoms with Gasteiger partial charge in [-0.15, -0.1) is 0 Å². The second kappa shape index (κ2) is 17.8. The molecule has 5 unspecified atom stereocenters. The van der Waals surface area contributed by atoms with E-state index in [-0.39, 0.29) is 11.3 Å². The molecule has 0 bridgehead atoms. The van der Waals surface area contributed by atoms with E-state index in [0.717, 1.165) is 11.1 Å². The Labute approximate surface area is 259 Å². The molecule has 1 aromatic rings. The van der Waals surface area contributed by atoms with Crippen molar-refractivity contribution in [3.05, 3.63) is 76.9 Å². The SMILES string of the molecule is C/C(=C\CC(/C=C(\C)CC/C=C(\C)C(O)C(Br)C(=O)O)S(=O)(=O)c1ccccc1)CC/C=C(\C)C(O)C(Br)C(=O)O. The van der Waals surface area contributed by atoms with Crippen LogP contribution < -0.4 is 0 Å². The highest BCUT2D eigenvalue weighted by atomic mass is 79.9. The zero-order valence-corrected chi connectivity index (χ0v) is 27.7. The number of hydrogen-bond donors (Lipinski definition) is 4. The maximum absolute atomic E-state index is 13.5. The molecular formula is C30H40Br2O8S. The number of aliphatic hydroxyl groups excluding tert-OH is 2. The van der Waals surface area contributed by atoms with Crippen LogP contribution in [0.2, 0.25) is 0 Å². The lowest BCUT2D eigenvalue weighted by atomic mass is 10.0. The minimum atomic E-state index is -3.68. The summed E-state index contributed by atoms with van der Waals surface area (Å²) in [5, 5.41) is 37.6. The zero-order valence-electron chi connectivity index (χ0n) is 23.7. The first-order valence-corrected chi connectivity index (χ1v) is 16.5. The average molecular weight is 721 g/mol. The van der Waals surface area contributed by atoms with Gasteiger partial charge in [0, 0.05) is 0 Å². The molecule has 5 atom stereocenters. The van der Waals surface area contributed by atoms with Gasteiger partial charge < -0.3 is 20.4 Å². The number of sulfone groups is 1. The summed E-state index contributed by atoms with van der Waals surface area (Å²) in [6.07, 6.45) is 7.32. The normalized spacial score (nSPS) is 17.5. The van der Waals surface area contributed by atoms with E-state index in [9.17, 15) is 28.2 Å². The maximum Gasteiger partial charge on any atom is 0.320 e. The van der Waals surface area contributed by atoms with E-state index in [0.29, 0.717) is 36.8 Å². The number of rotatable bonds is 17. The Balaban J connectivity index is 3.05. The van der Waals surface area contributed by atoms with Gasteiger partial charge in [0.2, 0.25) is 0 Å². The van der Waals surface area contributed by atoms with Crippen LogP contribution in [0.25, 0.3) is 0 Å². The summed E-state index contributed by atoms with van der Waals surface area (Å²) in [6.45, 7) is 7.07. The number of carboxylic acid groups (broad SMARTS) is 2. The number of carbonyl (C=O) groups is 2. The summed E-state index contributed by atoms with van der Waals surface area (Å²) in [4.78, 5) is 20.2. The van der Waals surface area contributed by atoms with E-state index >= 15 is 0 Å². The van der Waals surface area contributed by atoms with E-state index in [2.05, 4.69) is 31.9 Å². The highest BCUT2D eigenvalue weighted by molar-refractivity contribution is 9.10. The fraction of sp³-hybridized carbons (Fsp3) is 0.467. The van der Waals surface area contributed by atoms with Gasteiger partial charge in [-0.05, 0) is 83.1 Å². The number of benzene rings is 1. The van der Waals surface area contributed by atoms with Crippen molar-refractivity contribution in [3.63, 3.8) is 0 Å². The number of aliphatic carboxylic acids is 2. The Hall–Kier alpha value is -2.05. The third kappa shape index (κ3) is 12.4. The number of halogens is 2. The second-order valence-electron chi connectivity index (χ2n) is 10.0. The van der Waals surface area contributed by atoms with Gasteiger partial charge in [-0.2, -0.15) is 0 Å². The summed E-state index contributed by atoms with van der Waals surface area (Å²) in [5.41, 5.74) is 2.87. The molecule has 8 nitrogen and oxygen atoms in total. The summed E-state index contributed by atoms with van der Waals surface area (Å²) in [7, 11) is -3.68. The Morgan fingerprint density at radius 2 is 1.22 bits per heavy atom. The number of carboxylic acids is 2. The van der Waals surface area contributed by atoms with E-state index in [1.165, 1.54) is 0 Å². The molecule has 11 heteroatoms. The van der Waals surface area contributed by atoms with Crippen molar-refractivity contribution >= 4 is 53.6 Å². The van der Waals surface area contributed by atoms with Crippen LogP contribution in [0.5, 0.6) is 0 Å². The third-order valence-corrected chi connectivity index (χ3v) is 10.4. The fourth-order valence-corrected chi connectivity index (χ4v) is 6.40. The van der Waals surface area contributed by atoms with Crippen molar-refractivity contribution < 1.29 is 38.4 Å². The summed E-state index contributed by atoms with van der Waals surface area (Å²) < 4.78 is 27.0. The largest absolute Gasteiger partial charge is 0.480 e. The lowest BCUT2D eigenvalue weighted by molar-refractivity contribution is -0.138. The van der Waals surface area contributed by atoms with Crippen LogP contribution in [0.4, 0.5) is 0 Å². The lowest BCUT2D eigenvalue weighted by Gasteiger charge is -2.16. The molecule has 1 aromatic carbocycles. The second-order valence-corrected chi connectivity index (χ2v) is 14.2. The molecule has 0 amide bonds. The Kier molecular flexibility index (Phi) is 16.1. The van der Waals surface area contributed by atoms with Crippen LogP contribution >= 0.6 is 31.9 Å². The number of alkyl halides is 2. The first kappa shape index (κ1) is 37.0. The van der Waals surface area contributed by atoms with E-state index in [1.54, 1.807) is 62.4 Å². The maximum atomic E-state index is 13.5. The molecule has 0 aliphatic carbocycles. The van der Waals surface area contributed by atoms with Gasteiger partial charge in [-0.25, -0.2) is 8.42 Å². The summed E-state index contributed by atoms with van der Waals surface area (Å²) in [5.74, 6) is -2.31.